The van der Waals surface area contributed by atoms with E-state index in [0.29, 0.717) is 12.8 Å². The molecule has 0 radical (unpaired) electrons. The number of carbonyl (C=O) groups excluding carboxylic acids is 1. The molecule has 9 nitrogen and oxygen atoms in total. The summed E-state index contributed by atoms with van der Waals surface area (Å²) < 4.78 is 59.6. The van der Waals surface area contributed by atoms with Crippen molar-refractivity contribution in [2.24, 2.45) is 5.73 Å². The van der Waals surface area contributed by atoms with Gasteiger partial charge in [0.2, 0.25) is 5.91 Å². The molecule has 0 aliphatic carbocycles. The zero-order chi connectivity index (χ0) is 28.7. The van der Waals surface area contributed by atoms with Crippen LogP contribution in [0.5, 0.6) is 0 Å². The van der Waals surface area contributed by atoms with Crippen molar-refractivity contribution >= 4 is 28.9 Å². The van der Waals surface area contributed by atoms with E-state index in [1.165, 1.54) is 22.2 Å². The third kappa shape index (κ3) is 8.09. The van der Waals surface area contributed by atoms with Gasteiger partial charge in [0, 0.05) is 34.7 Å². The number of carboxylic acids is 1. The van der Waals surface area contributed by atoms with Gasteiger partial charge in [0.15, 0.2) is 0 Å². The van der Waals surface area contributed by atoms with Crippen LogP contribution in [0.15, 0.2) is 53.1 Å². The van der Waals surface area contributed by atoms with E-state index in [1.807, 2.05) is 30.3 Å². The van der Waals surface area contributed by atoms with Crippen molar-refractivity contribution in [1.29, 1.82) is 0 Å². The van der Waals surface area contributed by atoms with Gasteiger partial charge in [-0.15, -0.1) is 11.3 Å². The summed E-state index contributed by atoms with van der Waals surface area (Å²) >= 11 is 1.44. The van der Waals surface area contributed by atoms with Crippen LogP contribution in [-0.4, -0.2) is 44.1 Å². The zero-order valence-corrected chi connectivity index (χ0v) is 20.7. The fourth-order valence-electron chi connectivity index (χ4n) is 3.26. The van der Waals surface area contributed by atoms with Crippen LogP contribution < -0.4 is 16.7 Å². The minimum atomic E-state index is -5.08. The molecule has 0 fully saturated rings. The van der Waals surface area contributed by atoms with E-state index in [1.54, 1.807) is 0 Å². The molecule has 0 spiro atoms. The average Bonchev–Trinajstić information content (AvgIpc) is 3.47. The number of fused-ring (bicyclic) bond motifs is 1. The number of benzene rings is 1. The zero-order valence-electron chi connectivity index (χ0n) is 19.9. The topological polar surface area (TPSA) is 132 Å². The van der Waals surface area contributed by atoms with E-state index in [9.17, 15) is 31.5 Å². The molecule has 0 unspecified atom stereocenters. The van der Waals surface area contributed by atoms with Gasteiger partial charge in [-0.05, 0) is 42.3 Å². The molecule has 1 aliphatic heterocycles. The Morgan fingerprint density at radius 1 is 1.15 bits per heavy atom. The summed E-state index contributed by atoms with van der Waals surface area (Å²) in [5.41, 5.74) is 7.25. The van der Waals surface area contributed by atoms with Crippen molar-refractivity contribution < 1.29 is 36.6 Å². The molecule has 3 heterocycles. The van der Waals surface area contributed by atoms with Crippen molar-refractivity contribution in [2.45, 2.75) is 32.1 Å². The first-order valence-electron chi connectivity index (χ1n) is 11.1. The number of alkyl halides is 3. The Morgan fingerprint density at radius 3 is 2.51 bits per heavy atom. The Morgan fingerprint density at radius 2 is 1.87 bits per heavy atom. The number of hydrogen-bond donors (Lipinski definition) is 3. The number of aryl methyl sites for hydroxylation is 1. The predicted octanol–water partition coefficient (Wildman–Crippen LogP) is 3.18. The maximum absolute atomic E-state index is 12.8. The maximum Gasteiger partial charge on any atom is 0.490 e. The lowest BCUT2D eigenvalue weighted by atomic mass is 10.0. The smallest absolute Gasteiger partial charge is 0.475 e. The number of halogens is 5. The first kappa shape index (κ1) is 29.3. The van der Waals surface area contributed by atoms with Gasteiger partial charge in [0.05, 0.1) is 18.0 Å². The van der Waals surface area contributed by atoms with Gasteiger partial charge in [-0.25, -0.2) is 14.3 Å². The highest BCUT2D eigenvalue weighted by Gasteiger charge is 2.38. The summed E-state index contributed by atoms with van der Waals surface area (Å²) in [4.78, 5) is 34.5. The molecule has 4 N–H and O–H groups in total. The van der Waals surface area contributed by atoms with Crippen molar-refractivity contribution in [3.63, 3.8) is 0 Å². The highest BCUT2D eigenvalue weighted by atomic mass is 32.1. The second-order valence-electron chi connectivity index (χ2n) is 8.01. The standard InChI is InChI=1S/C22H19F2N5O2S.C2HF3O2/c23-21(24)16(10-25)11-29-22(31)28(13-26-29)12-18-6-5-17(32-18)4-1-14-2-7-19-15(9-14)3-8-20(30)27-19;3-2(4,5)1(6)7/h2,5-7,9,13H,3,8,10-12,25H2,(H,27,30);(H,6,7). The lowest BCUT2D eigenvalue weighted by Gasteiger charge is -2.16. The Kier molecular flexibility index (Phi) is 9.38. The van der Waals surface area contributed by atoms with Crippen LogP contribution >= 0.6 is 11.3 Å². The van der Waals surface area contributed by atoms with Gasteiger partial charge in [0.1, 0.15) is 6.33 Å². The van der Waals surface area contributed by atoms with Crippen LogP contribution in [0, 0.1) is 11.8 Å². The number of nitrogens with two attached hydrogens (primary N) is 1. The maximum atomic E-state index is 12.8. The van der Waals surface area contributed by atoms with Crippen LogP contribution in [0.25, 0.3) is 0 Å². The van der Waals surface area contributed by atoms with Crippen molar-refractivity contribution in [2.75, 3.05) is 11.9 Å². The normalized spacial score (nSPS) is 12.3. The van der Waals surface area contributed by atoms with Crippen LogP contribution in [-0.2, 0) is 29.1 Å². The summed E-state index contributed by atoms with van der Waals surface area (Å²) in [5.74, 6) is 3.52. The van der Waals surface area contributed by atoms with Crippen molar-refractivity contribution in [3.8, 4) is 11.8 Å². The number of carbonyl (C=O) groups is 2. The lowest BCUT2D eigenvalue weighted by molar-refractivity contribution is -0.192. The highest BCUT2D eigenvalue weighted by Crippen LogP contribution is 2.23. The minimum Gasteiger partial charge on any atom is -0.475 e. The molecule has 39 heavy (non-hydrogen) atoms. The van der Waals surface area contributed by atoms with Gasteiger partial charge in [-0.1, -0.05) is 11.8 Å². The summed E-state index contributed by atoms with van der Waals surface area (Å²) in [6, 6.07) is 9.45. The Balaban J connectivity index is 0.000000532. The average molecular weight is 570 g/mol. The summed E-state index contributed by atoms with van der Waals surface area (Å²) in [5, 5.41) is 13.9. The van der Waals surface area contributed by atoms with Crippen molar-refractivity contribution in [1.82, 2.24) is 14.3 Å². The SMILES string of the molecule is NCC(Cn1ncn(Cc2ccc(C#Cc3ccc4c(c3)CCC(=O)N4)s2)c1=O)=C(F)F.O=C(O)C(F)(F)F. The van der Waals surface area contributed by atoms with Gasteiger partial charge in [-0.2, -0.15) is 27.1 Å². The van der Waals surface area contributed by atoms with Gasteiger partial charge >= 0.3 is 17.8 Å². The molecule has 4 rings (SSSR count). The van der Waals surface area contributed by atoms with E-state index in [0.717, 1.165) is 31.3 Å². The van der Waals surface area contributed by atoms with Crippen LogP contribution in [0.4, 0.5) is 27.6 Å². The van der Waals surface area contributed by atoms with E-state index in [2.05, 4.69) is 22.3 Å². The number of aliphatic carboxylic acids is 1. The van der Waals surface area contributed by atoms with E-state index in [-0.39, 0.29) is 31.1 Å². The molecule has 0 saturated heterocycles. The molecule has 0 bridgehead atoms. The van der Waals surface area contributed by atoms with E-state index in [4.69, 9.17) is 15.6 Å². The molecule has 206 valence electrons. The predicted molar refractivity (Wildman–Crippen MR) is 131 cm³/mol. The van der Waals surface area contributed by atoms with E-state index < -0.39 is 23.9 Å². The number of thiophene rings is 1. The molecule has 3 aromatic rings. The number of rotatable bonds is 5. The number of amides is 1. The van der Waals surface area contributed by atoms with Gasteiger partial charge < -0.3 is 16.2 Å². The Hall–Kier alpha value is -4.29. The second kappa shape index (κ2) is 12.5. The molecule has 15 heteroatoms. The van der Waals surface area contributed by atoms with Crippen LogP contribution in [0.3, 0.4) is 0 Å². The number of nitrogens with one attached hydrogen (secondary N) is 1. The Labute approximate surface area is 221 Å². The summed E-state index contributed by atoms with van der Waals surface area (Å²) in [7, 11) is 0. The minimum absolute atomic E-state index is 0.0259. The second-order valence-corrected chi connectivity index (χ2v) is 9.17. The largest absolute Gasteiger partial charge is 0.490 e. The first-order chi connectivity index (χ1) is 18.4. The molecule has 1 aromatic carbocycles. The fourth-order valence-corrected chi connectivity index (χ4v) is 4.12. The first-order valence-corrected chi connectivity index (χ1v) is 11.9. The highest BCUT2D eigenvalue weighted by molar-refractivity contribution is 7.12. The molecule has 0 saturated carbocycles. The number of anilines is 1. The summed E-state index contributed by atoms with van der Waals surface area (Å²) in [6.07, 6.45) is -4.48. The number of aromatic nitrogens is 3. The molecular formula is C24H20F5N5O4S. The quantitative estimate of drug-likeness (QED) is 0.320. The monoisotopic (exact) mass is 569 g/mol. The fraction of sp³-hybridized carbons (Fsp3) is 0.250. The molecule has 2 aromatic heterocycles. The number of hydrogen-bond acceptors (Lipinski definition) is 6. The molecular weight excluding hydrogens is 549 g/mol. The lowest BCUT2D eigenvalue weighted by Crippen LogP contribution is -2.27. The van der Waals surface area contributed by atoms with Crippen molar-refractivity contribution in [3.05, 3.63) is 79.7 Å². The number of carboxylic acid groups (broad SMARTS) is 1. The van der Waals surface area contributed by atoms with Crippen LogP contribution in [0.1, 0.15) is 27.3 Å². The van der Waals surface area contributed by atoms with Gasteiger partial charge in [0.25, 0.3) is 6.08 Å². The number of nitrogens with zero attached hydrogens (tertiary/aromatic N) is 3. The molecule has 1 amide bonds. The van der Waals surface area contributed by atoms with Gasteiger partial charge in [-0.3, -0.25) is 9.36 Å². The molecule has 1 aliphatic rings. The molecule has 0 atom stereocenters. The van der Waals surface area contributed by atoms with Crippen LogP contribution in [0.2, 0.25) is 0 Å². The third-order valence-electron chi connectivity index (χ3n) is 5.21. The third-order valence-corrected chi connectivity index (χ3v) is 6.20. The van der Waals surface area contributed by atoms with E-state index >= 15 is 0 Å². The summed E-state index contributed by atoms with van der Waals surface area (Å²) in [6.45, 7) is -0.409. The Bertz CT molecular complexity index is 1520.